The van der Waals surface area contributed by atoms with E-state index in [2.05, 4.69) is 10.1 Å². The van der Waals surface area contributed by atoms with Gasteiger partial charge in [-0.05, 0) is 12.1 Å². The Kier molecular flexibility index (Phi) is 3.45. The first kappa shape index (κ1) is 14.3. The number of fused-ring (bicyclic) bond motifs is 1. The normalized spacial score (nSPS) is 11.2. The first-order valence-corrected chi connectivity index (χ1v) is 7.42. The molecule has 7 nitrogen and oxygen atoms in total. The van der Waals surface area contributed by atoms with Gasteiger partial charge in [0.25, 0.3) is 5.69 Å². The minimum Gasteiger partial charge on any atom is -0.296 e. The van der Waals surface area contributed by atoms with Gasteiger partial charge in [-0.1, -0.05) is 25.2 Å². The van der Waals surface area contributed by atoms with Crippen LogP contribution < -0.4 is 0 Å². The number of aromatic nitrogens is 3. The van der Waals surface area contributed by atoms with Crippen LogP contribution in [0.4, 0.5) is 5.69 Å². The Labute approximate surface area is 129 Å². The zero-order chi connectivity index (χ0) is 15.9. The molecule has 8 heteroatoms. The Hall–Kier alpha value is -2.61. The highest BCUT2D eigenvalue weighted by Crippen LogP contribution is 2.29. The third-order valence-corrected chi connectivity index (χ3v) is 4.42. The first-order chi connectivity index (χ1) is 10.5. The molecule has 0 spiro atoms. The Balaban J connectivity index is 2.12. The molecule has 0 unspecified atom stereocenters. The smallest absolute Gasteiger partial charge is 0.269 e. The molecule has 2 heterocycles. The van der Waals surface area contributed by atoms with Crippen LogP contribution in [0.3, 0.4) is 0 Å². The van der Waals surface area contributed by atoms with Gasteiger partial charge in [-0.2, -0.15) is 9.61 Å². The van der Waals surface area contributed by atoms with E-state index in [1.165, 1.54) is 28.0 Å². The second-order valence-corrected chi connectivity index (χ2v) is 6.04. The van der Waals surface area contributed by atoms with Crippen LogP contribution in [-0.2, 0) is 0 Å². The van der Waals surface area contributed by atoms with Crippen LogP contribution in [0.2, 0.25) is 0 Å². The van der Waals surface area contributed by atoms with Crippen molar-refractivity contribution in [3.05, 3.63) is 45.1 Å². The van der Waals surface area contributed by atoms with Gasteiger partial charge in [0.2, 0.25) is 4.96 Å². The summed E-state index contributed by atoms with van der Waals surface area (Å²) in [4.78, 5) is 26.7. The fourth-order valence-corrected chi connectivity index (χ4v) is 2.98. The number of hydrogen-bond acceptors (Lipinski definition) is 6. The molecule has 0 saturated heterocycles. The molecule has 0 fully saturated rings. The average molecular weight is 316 g/mol. The lowest BCUT2D eigenvalue weighted by atomic mass is 10.1. The summed E-state index contributed by atoms with van der Waals surface area (Å²) in [5.74, 6) is 0.258. The molecule has 0 aliphatic rings. The molecule has 0 N–H and O–H groups in total. The third kappa shape index (κ3) is 2.27. The van der Waals surface area contributed by atoms with Crippen LogP contribution >= 0.6 is 11.3 Å². The lowest BCUT2D eigenvalue weighted by Crippen LogP contribution is -1.96. The van der Waals surface area contributed by atoms with Crippen LogP contribution in [0.15, 0.2) is 24.3 Å². The predicted molar refractivity (Wildman–Crippen MR) is 82.4 cm³/mol. The number of non-ortho nitro benzene ring substituents is 1. The summed E-state index contributed by atoms with van der Waals surface area (Å²) in [5, 5.41) is 16.0. The second kappa shape index (κ2) is 5.30. The number of carbonyl (C=O) groups excluding carboxylic acids is 1. The van der Waals surface area contributed by atoms with E-state index in [0.29, 0.717) is 28.2 Å². The van der Waals surface area contributed by atoms with Crippen LogP contribution in [0.25, 0.3) is 16.2 Å². The van der Waals surface area contributed by atoms with Crippen molar-refractivity contribution >= 4 is 28.3 Å². The molecule has 1 aromatic carbocycles. The monoisotopic (exact) mass is 316 g/mol. The van der Waals surface area contributed by atoms with Crippen LogP contribution in [0.1, 0.15) is 35.3 Å². The topological polar surface area (TPSA) is 90.4 Å². The molecule has 0 radical (unpaired) electrons. The summed E-state index contributed by atoms with van der Waals surface area (Å²) in [7, 11) is 0. The van der Waals surface area contributed by atoms with Crippen molar-refractivity contribution in [3.8, 4) is 11.3 Å². The minimum absolute atomic E-state index is 0.00218. The van der Waals surface area contributed by atoms with Crippen LogP contribution in [0.5, 0.6) is 0 Å². The van der Waals surface area contributed by atoms with Gasteiger partial charge in [0, 0.05) is 23.6 Å². The van der Waals surface area contributed by atoms with E-state index in [4.69, 9.17) is 0 Å². The zero-order valence-corrected chi connectivity index (χ0v) is 12.7. The SMILES string of the molecule is CC(C)c1nn2c(C=O)c(-c3ccc([N+](=O)[O-])cc3)nc2s1. The van der Waals surface area contributed by atoms with Crippen molar-refractivity contribution in [2.45, 2.75) is 19.8 Å². The molecule has 3 aromatic rings. The molecule has 0 bridgehead atoms. The van der Waals surface area contributed by atoms with Crippen LogP contribution in [-0.4, -0.2) is 25.8 Å². The van der Waals surface area contributed by atoms with E-state index in [1.54, 1.807) is 12.1 Å². The van der Waals surface area contributed by atoms with Crippen LogP contribution in [0, 0.1) is 10.1 Å². The van der Waals surface area contributed by atoms with E-state index < -0.39 is 4.92 Å². The predicted octanol–water partition coefficient (Wildman–Crippen LogP) is 3.30. The number of hydrogen-bond donors (Lipinski definition) is 0. The number of nitro groups is 1. The van der Waals surface area contributed by atoms with Crippen molar-refractivity contribution in [2.75, 3.05) is 0 Å². The van der Waals surface area contributed by atoms with Crippen molar-refractivity contribution in [1.29, 1.82) is 0 Å². The van der Waals surface area contributed by atoms with Crippen molar-refractivity contribution in [3.63, 3.8) is 0 Å². The number of rotatable bonds is 4. The van der Waals surface area contributed by atoms with E-state index >= 15 is 0 Å². The number of benzene rings is 1. The Morgan fingerprint density at radius 1 is 1.32 bits per heavy atom. The second-order valence-electron chi connectivity index (χ2n) is 5.06. The highest BCUT2D eigenvalue weighted by Gasteiger charge is 2.19. The molecule has 0 aliphatic carbocycles. The van der Waals surface area contributed by atoms with Gasteiger partial charge in [-0.15, -0.1) is 0 Å². The molecule has 2 aromatic heterocycles. The van der Waals surface area contributed by atoms with E-state index in [-0.39, 0.29) is 11.6 Å². The van der Waals surface area contributed by atoms with Gasteiger partial charge in [-0.25, -0.2) is 4.98 Å². The van der Waals surface area contributed by atoms with Gasteiger partial charge in [-0.3, -0.25) is 14.9 Å². The average Bonchev–Trinajstić information content (AvgIpc) is 3.04. The standard InChI is InChI=1S/C14H12N4O3S/c1-8(2)13-16-17-11(7-19)12(15-14(17)22-13)9-3-5-10(6-4-9)18(20)21/h3-8H,1-2H3. The number of carbonyl (C=O) groups is 1. The van der Waals surface area contributed by atoms with E-state index in [9.17, 15) is 14.9 Å². The summed E-state index contributed by atoms with van der Waals surface area (Å²) in [6.07, 6.45) is 0.709. The maximum atomic E-state index is 11.4. The van der Waals surface area contributed by atoms with Gasteiger partial charge >= 0.3 is 0 Å². The number of imidazole rings is 1. The fraction of sp³-hybridized carbons (Fsp3) is 0.214. The molecule has 112 valence electrons. The largest absolute Gasteiger partial charge is 0.296 e. The van der Waals surface area contributed by atoms with Crippen molar-refractivity contribution in [1.82, 2.24) is 14.6 Å². The number of nitro benzene ring substituents is 1. The summed E-state index contributed by atoms with van der Waals surface area (Å²) in [6.45, 7) is 4.05. The molecule has 0 aliphatic heterocycles. The minimum atomic E-state index is -0.466. The van der Waals surface area contributed by atoms with Crippen molar-refractivity contribution < 1.29 is 9.72 Å². The summed E-state index contributed by atoms with van der Waals surface area (Å²) >= 11 is 1.43. The Morgan fingerprint density at radius 2 is 2.00 bits per heavy atom. The lowest BCUT2D eigenvalue weighted by Gasteiger charge is -1.99. The van der Waals surface area contributed by atoms with Gasteiger partial charge in [0.15, 0.2) is 6.29 Å². The van der Waals surface area contributed by atoms with Gasteiger partial charge in [0.05, 0.1) is 4.92 Å². The fourth-order valence-electron chi connectivity index (χ4n) is 2.07. The molecule has 0 amide bonds. The first-order valence-electron chi connectivity index (χ1n) is 6.60. The van der Waals surface area contributed by atoms with Gasteiger partial charge in [0.1, 0.15) is 16.4 Å². The Bertz CT molecular complexity index is 864. The van der Waals surface area contributed by atoms with E-state index in [1.807, 2.05) is 13.8 Å². The van der Waals surface area contributed by atoms with Gasteiger partial charge < -0.3 is 0 Å². The number of aldehydes is 1. The maximum Gasteiger partial charge on any atom is 0.269 e. The summed E-state index contributed by atoms with van der Waals surface area (Å²) in [5.41, 5.74) is 1.49. The highest BCUT2D eigenvalue weighted by atomic mass is 32.1. The summed E-state index contributed by atoms with van der Waals surface area (Å²) < 4.78 is 1.53. The Morgan fingerprint density at radius 3 is 2.55 bits per heavy atom. The highest BCUT2D eigenvalue weighted by molar-refractivity contribution is 7.16. The molecular formula is C14H12N4O3S. The number of nitrogens with zero attached hydrogens (tertiary/aromatic N) is 4. The third-order valence-electron chi connectivity index (χ3n) is 3.21. The molecule has 3 rings (SSSR count). The molecule has 0 saturated carbocycles. The van der Waals surface area contributed by atoms with E-state index in [0.717, 1.165) is 5.01 Å². The zero-order valence-electron chi connectivity index (χ0n) is 11.9. The molecule has 0 atom stereocenters. The van der Waals surface area contributed by atoms with Crippen molar-refractivity contribution in [2.24, 2.45) is 0 Å². The summed E-state index contributed by atoms with van der Waals surface area (Å²) in [6, 6.07) is 5.95. The lowest BCUT2D eigenvalue weighted by molar-refractivity contribution is -0.384. The maximum absolute atomic E-state index is 11.4. The quantitative estimate of drug-likeness (QED) is 0.418. The molecular weight excluding hydrogens is 304 g/mol. The molecule has 22 heavy (non-hydrogen) atoms.